The van der Waals surface area contributed by atoms with Gasteiger partial charge in [0.2, 0.25) is 0 Å². The van der Waals surface area contributed by atoms with Gasteiger partial charge in [0, 0.05) is 19.7 Å². The summed E-state index contributed by atoms with van der Waals surface area (Å²) in [5, 5.41) is 4.52. The number of aromatic amines is 1. The van der Waals surface area contributed by atoms with Crippen LogP contribution in [0.25, 0.3) is 10.9 Å². The summed E-state index contributed by atoms with van der Waals surface area (Å²) in [6.07, 6.45) is 2.42. The second-order valence-corrected chi connectivity index (χ2v) is 6.25. The van der Waals surface area contributed by atoms with Crippen LogP contribution in [-0.2, 0) is 11.3 Å². The van der Waals surface area contributed by atoms with Gasteiger partial charge in [-0.3, -0.25) is 4.79 Å². The molecule has 1 aromatic carbocycles. The van der Waals surface area contributed by atoms with E-state index in [0.29, 0.717) is 28.4 Å². The number of hydrogen-bond acceptors (Lipinski definition) is 4. The number of nitrogens with zero attached hydrogens (tertiary/aromatic N) is 2. The van der Waals surface area contributed by atoms with E-state index in [2.05, 4.69) is 15.3 Å². The predicted octanol–water partition coefficient (Wildman–Crippen LogP) is 1.80. The van der Waals surface area contributed by atoms with Gasteiger partial charge in [-0.15, -0.1) is 0 Å². The van der Waals surface area contributed by atoms with Gasteiger partial charge in [-0.1, -0.05) is 12.1 Å². The van der Waals surface area contributed by atoms with E-state index < -0.39 is 0 Å². The normalized spacial score (nSPS) is 17.1. The van der Waals surface area contributed by atoms with E-state index in [1.807, 2.05) is 30.0 Å². The van der Waals surface area contributed by atoms with E-state index >= 15 is 0 Å². The van der Waals surface area contributed by atoms with E-state index in [1.165, 1.54) is 0 Å². The zero-order valence-corrected chi connectivity index (χ0v) is 14.6. The number of benzene rings is 1. The molecule has 24 heavy (non-hydrogen) atoms. The molecule has 128 valence electrons. The quantitative estimate of drug-likeness (QED) is 0.805. The topological polar surface area (TPSA) is 70.2 Å². The van der Waals surface area contributed by atoms with Crippen LogP contribution in [0, 0.1) is 0 Å². The SMILES string of the molecule is CCN(Cc1nc2ccccc2c(=O)[nH]1)C(=S)NC[C@H]1CCCO1. The molecule has 7 heteroatoms. The largest absolute Gasteiger partial charge is 0.376 e. The monoisotopic (exact) mass is 346 g/mol. The highest BCUT2D eigenvalue weighted by Crippen LogP contribution is 2.11. The van der Waals surface area contributed by atoms with Crippen LogP contribution >= 0.6 is 12.2 Å². The molecule has 1 aromatic heterocycles. The summed E-state index contributed by atoms with van der Waals surface area (Å²) in [5.74, 6) is 0.613. The Bertz CT molecular complexity index is 771. The van der Waals surface area contributed by atoms with Crippen LogP contribution in [0.4, 0.5) is 0 Å². The Morgan fingerprint density at radius 2 is 2.33 bits per heavy atom. The standard InChI is InChI=1S/C17H22N4O2S/c1-2-21(17(24)18-10-12-6-5-9-23-12)11-15-19-14-8-4-3-7-13(14)16(22)20-15/h3-4,7-8,12H,2,5-6,9-11H2,1H3,(H,18,24)(H,19,20,22)/t12-/m1/s1. The van der Waals surface area contributed by atoms with E-state index in [9.17, 15) is 4.79 Å². The molecule has 0 aliphatic carbocycles. The minimum Gasteiger partial charge on any atom is -0.376 e. The Morgan fingerprint density at radius 3 is 3.08 bits per heavy atom. The van der Waals surface area contributed by atoms with Crippen molar-refractivity contribution >= 4 is 28.2 Å². The van der Waals surface area contributed by atoms with Gasteiger partial charge in [-0.2, -0.15) is 0 Å². The fourth-order valence-electron chi connectivity index (χ4n) is 2.84. The van der Waals surface area contributed by atoms with Crippen LogP contribution in [-0.4, -0.2) is 45.8 Å². The number of fused-ring (bicyclic) bond motifs is 1. The van der Waals surface area contributed by atoms with Crippen molar-refractivity contribution in [3.05, 3.63) is 40.4 Å². The number of aromatic nitrogens is 2. The molecule has 2 aromatic rings. The van der Waals surface area contributed by atoms with E-state index in [-0.39, 0.29) is 11.7 Å². The molecule has 0 amide bonds. The first-order chi connectivity index (χ1) is 11.7. The van der Waals surface area contributed by atoms with Gasteiger partial charge in [-0.05, 0) is 44.1 Å². The second kappa shape index (κ2) is 7.72. The van der Waals surface area contributed by atoms with Crippen molar-refractivity contribution in [1.29, 1.82) is 0 Å². The summed E-state index contributed by atoms with van der Waals surface area (Å²) < 4.78 is 5.60. The first kappa shape index (κ1) is 16.9. The molecule has 1 aliphatic heterocycles. The lowest BCUT2D eigenvalue weighted by Crippen LogP contribution is -2.42. The lowest BCUT2D eigenvalue weighted by Gasteiger charge is -2.24. The van der Waals surface area contributed by atoms with Crippen LogP contribution in [0.15, 0.2) is 29.1 Å². The molecule has 0 radical (unpaired) electrons. The fourth-order valence-corrected chi connectivity index (χ4v) is 3.11. The Labute approximate surface area is 146 Å². The fraction of sp³-hybridized carbons (Fsp3) is 0.471. The predicted molar refractivity (Wildman–Crippen MR) is 98.0 cm³/mol. The van der Waals surface area contributed by atoms with Crippen LogP contribution < -0.4 is 10.9 Å². The third-order valence-electron chi connectivity index (χ3n) is 4.18. The highest BCUT2D eigenvalue weighted by molar-refractivity contribution is 7.80. The zero-order valence-electron chi connectivity index (χ0n) is 13.7. The Morgan fingerprint density at radius 1 is 1.50 bits per heavy atom. The maximum atomic E-state index is 12.2. The van der Waals surface area contributed by atoms with Crippen LogP contribution in [0.3, 0.4) is 0 Å². The third-order valence-corrected chi connectivity index (χ3v) is 4.58. The smallest absolute Gasteiger partial charge is 0.258 e. The summed E-state index contributed by atoms with van der Waals surface area (Å²) in [4.78, 5) is 21.5. The molecule has 2 N–H and O–H groups in total. The van der Waals surface area contributed by atoms with E-state index in [0.717, 1.165) is 32.5 Å². The Hall–Kier alpha value is -1.99. The minimum absolute atomic E-state index is 0.120. The van der Waals surface area contributed by atoms with Gasteiger partial charge in [0.25, 0.3) is 5.56 Å². The van der Waals surface area contributed by atoms with Crippen molar-refractivity contribution in [1.82, 2.24) is 20.2 Å². The molecule has 1 aliphatic rings. The van der Waals surface area contributed by atoms with Gasteiger partial charge < -0.3 is 19.9 Å². The number of rotatable bonds is 5. The molecular weight excluding hydrogens is 324 g/mol. The molecule has 1 atom stereocenters. The summed E-state index contributed by atoms with van der Waals surface area (Å²) in [6, 6.07) is 7.33. The first-order valence-corrected chi connectivity index (χ1v) is 8.70. The van der Waals surface area contributed by atoms with Crippen molar-refractivity contribution in [2.75, 3.05) is 19.7 Å². The zero-order chi connectivity index (χ0) is 16.9. The Balaban J connectivity index is 1.68. The molecule has 0 saturated carbocycles. The van der Waals surface area contributed by atoms with Gasteiger partial charge in [0.05, 0.1) is 23.6 Å². The average molecular weight is 346 g/mol. The highest BCUT2D eigenvalue weighted by Gasteiger charge is 2.17. The van der Waals surface area contributed by atoms with Crippen molar-refractivity contribution in [2.45, 2.75) is 32.4 Å². The third kappa shape index (κ3) is 3.91. The maximum absolute atomic E-state index is 12.2. The second-order valence-electron chi connectivity index (χ2n) is 5.87. The summed E-state index contributed by atoms with van der Waals surface area (Å²) in [6.45, 7) is 4.77. The van der Waals surface area contributed by atoms with E-state index in [1.54, 1.807) is 6.07 Å². The molecule has 0 spiro atoms. The van der Waals surface area contributed by atoms with Crippen LogP contribution in [0.1, 0.15) is 25.6 Å². The summed E-state index contributed by atoms with van der Waals surface area (Å²) in [5.41, 5.74) is 0.579. The number of nitrogens with one attached hydrogen (secondary N) is 2. The van der Waals surface area contributed by atoms with Crippen LogP contribution in [0.5, 0.6) is 0 Å². The molecule has 1 fully saturated rings. The maximum Gasteiger partial charge on any atom is 0.258 e. The number of thiocarbonyl (C=S) groups is 1. The molecule has 0 unspecified atom stereocenters. The molecular formula is C17H22N4O2S. The minimum atomic E-state index is -0.120. The molecule has 1 saturated heterocycles. The first-order valence-electron chi connectivity index (χ1n) is 8.29. The van der Waals surface area contributed by atoms with E-state index in [4.69, 9.17) is 17.0 Å². The average Bonchev–Trinajstić information content (AvgIpc) is 3.11. The van der Waals surface area contributed by atoms with Gasteiger partial charge >= 0.3 is 0 Å². The van der Waals surface area contributed by atoms with Crippen LogP contribution in [0.2, 0.25) is 0 Å². The number of ether oxygens (including phenoxy) is 1. The van der Waals surface area contributed by atoms with Crippen molar-refractivity contribution in [3.63, 3.8) is 0 Å². The molecule has 3 rings (SSSR count). The number of hydrogen-bond donors (Lipinski definition) is 2. The summed E-state index contributed by atoms with van der Waals surface area (Å²) >= 11 is 5.48. The highest BCUT2D eigenvalue weighted by atomic mass is 32.1. The van der Waals surface area contributed by atoms with Crippen molar-refractivity contribution in [3.8, 4) is 0 Å². The van der Waals surface area contributed by atoms with Crippen molar-refractivity contribution in [2.24, 2.45) is 0 Å². The number of H-pyrrole nitrogens is 1. The lowest BCUT2D eigenvalue weighted by atomic mass is 10.2. The van der Waals surface area contributed by atoms with Gasteiger partial charge in [0.1, 0.15) is 5.82 Å². The lowest BCUT2D eigenvalue weighted by molar-refractivity contribution is 0.113. The molecule has 6 nitrogen and oxygen atoms in total. The Kier molecular flexibility index (Phi) is 5.42. The molecule has 2 heterocycles. The molecule has 0 bridgehead atoms. The van der Waals surface area contributed by atoms with Gasteiger partial charge in [0.15, 0.2) is 5.11 Å². The number of para-hydroxylation sites is 1. The van der Waals surface area contributed by atoms with Gasteiger partial charge in [-0.25, -0.2) is 4.98 Å². The van der Waals surface area contributed by atoms with Crippen molar-refractivity contribution < 1.29 is 4.74 Å². The summed E-state index contributed by atoms with van der Waals surface area (Å²) in [7, 11) is 0.